The first-order valence-electron chi connectivity index (χ1n) is 7.63. The molecule has 5 nitrogen and oxygen atoms in total. The fourth-order valence-electron chi connectivity index (χ4n) is 2.82. The standard InChI is InChI=1S/C18H19N3O2S/c1-13-18(20-24(3,22)23)21(2)16-12-8-7-11-15(16)17(19-13)14-9-5-4-6-10-14/h4-13H,1-3H3/b20-18-. The molecule has 0 bridgehead atoms. The highest BCUT2D eigenvalue weighted by molar-refractivity contribution is 7.89. The number of benzodiazepines with no additional fused rings is 1. The molecule has 0 saturated carbocycles. The van der Waals surface area contributed by atoms with Crippen molar-refractivity contribution >= 4 is 27.3 Å². The lowest BCUT2D eigenvalue weighted by molar-refractivity contribution is 0.603. The number of para-hydroxylation sites is 1. The molecule has 2 aromatic carbocycles. The van der Waals surface area contributed by atoms with E-state index in [0.717, 1.165) is 28.8 Å². The van der Waals surface area contributed by atoms with E-state index in [4.69, 9.17) is 4.99 Å². The lowest BCUT2D eigenvalue weighted by Gasteiger charge is -2.22. The molecule has 1 atom stereocenters. The molecule has 1 aliphatic heterocycles. The van der Waals surface area contributed by atoms with Gasteiger partial charge in [0.05, 0.1) is 17.7 Å². The molecule has 3 rings (SSSR count). The maximum atomic E-state index is 11.7. The van der Waals surface area contributed by atoms with Crippen LogP contribution in [0.3, 0.4) is 0 Å². The van der Waals surface area contributed by atoms with E-state index in [1.165, 1.54) is 0 Å². The Hall–Kier alpha value is -2.47. The van der Waals surface area contributed by atoms with Crippen molar-refractivity contribution in [2.75, 3.05) is 18.2 Å². The molecule has 24 heavy (non-hydrogen) atoms. The van der Waals surface area contributed by atoms with Gasteiger partial charge in [-0.2, -0.15) is 0 Å². The van der Waals surface area contributed by atoms with E-state index < -0.39 is 10.0 Å². The smallest absolute Gasteiger partial charge is 0.251 e. The predicted octanol–water partition coefficient (Wildman–Crippen LogP) is 2.72. The molecular formula is C18H19N3O2S. The van der Waals surface area contributed by atoms with Gasteiger partial charge < -0.3 is 4.90 Å². The fourth-order valence-corrected chi connectivity index (χ4v) is 3.44. The van der Waals surface area contributed by atoms with Crippen LogP contribution in [0, 0.1) is 0 Å². The summed E-state index contributed by atoms with van der Waals surface area (Å²) in [4.78, 5) is 6.59. The highest BCUT2D eigenvalue weighted by Gasteiger charge is 2.26. The summed E-state index contributed by atoms with van der Waals surface area (Å²) in [6.07, 6.45) is 1.10. The molecule has 0 fully saturated rings. The summed E-state index contributed by atoms with van der Waals surface area (Å²) in [6.45, 7) is 1.86. The molecule has 1 unspecified atom stereocenters. The van der Waals surface area contributed by atoms with Crippen LogP contribution >= 0.6 is 0 Å². The Balaban J connectivity index is 2.27. The van der Waals surface area contributed by atoms with Crippen LogP contribution in [-0.4, -0.2) is 39.3 Å². The molecule has 0 aliphatic carbocycles. The van der Waals surface area contributed by atoms with Crippen LogP contribution in [-0.2, 0) is 10.0 Å². The topological polar surface area (TPSA) is 62.1 Å². The van der Waals surface area contributed by atoms with Gasteiger partial charge >= 0.3 is 0 Å². The summed E-state index contributed by atoms with van der Waals surface area (Å²) in [5.41, 5.74) is 3.67. The van der Waals surface area contributed by atoms with Crippen molar-refractivity contribution in [1.82, 2.24) is 0 Å². The van der Waals surface area contributed by atoms with E-state index in [-0.39, 0.29) is 6.04 Å². The van der Waals surface area contributed by atoms with Gasteiger partial charge in [-0.05, 0) is 13.0 Å². The van der Waals surface area contributed by atoms with Crippen LogP contribution in [0.5, 0.6) is 0 Å². The fraction of sp³-hybridized carbons (Fsp3) is 0.222. The number of aliphatic imine (C=N–C) groups is 1. The second-order valence-corrected chi connectivity index (χ2v) is 7.43. The molecule has 0 N–H and O–H groups in total. The average molecular weight is 341 g/mol. The maximum Gasteiger partial charge on any atom is 0.251 e. The zero-order chi connectivity index (χ0) is 17.3. The van der Waals surface area contributed by atoms with E-state index in [9.17, 15) is 8.42 Å². The minimum Gasteiger partial charge on any atom is -0.330 e. The number of hydrogen-bond acceptors (Lipinski definition) is 3. The van der Waals surface area contributed by atoms with Gasteiger partial charge in [-0.1, -0.05) is 48.5 Å². The minimum atomic E-state index is -3.51. The Morgan fingerprint density at radius 2 is 1.67 bits per heavy atom. The van der Waals surface area contributed by atoms with Crippen molar-refractivity contribution in [3.8, 4) is 0 Å². The third-order valence-corrected chi connectivity index (χ3v) is 4.39. The lowest BCUT2D eigenvalue weighted by atomic mass is 10.0. The van der Waals surface area contributed by atoms with Crippen LogP contribution in [0.4, 0.5) is 5.69 Å². The molecule has 0 aromatic heterocycles. The summed E-state index contributed by atoms with van der Waals surface area (Å²) in [5, 5.41) is 0. The zero-order valence-corrected chi connectivity index (χ0v) is 14.7. The largest absolute Gasteiger partial charge is 0.330 e. The Labute approximate surface area is 142 Å². The number of anilines is 1. The number of rotatable bonds is 2. The van der Waals surface area contributed by atoms with Gasteiger partial charge in [-0.3, -0.25) is 4.99 Å². The van der Waals surface area contributed by atoms with Gasteiger partial charge in [0.2, 0.25) is 0 Å². The molecule has 124 valence electrons. The van der Waals surface area contributed by atoms with Gasteiger partial charge in [-0.15, -0.1) is 4.40 Å². The second kappa shape index (κ2) is 6.20. The Kier molecular flexibility index (Phi) is 4.24. The van der Waals surface area contributed by atoms with Crippen LogP contribution in [0.1, 0.15) is 18.1 Å². The monoisotopic (exact) mass is 341 g/mol. The van der Waals surface area contributed by atoms with Crippen molar-refractivity contribution in [2.45, 2.75) is 13.0 Å². The number of amidine groups is 1. The normalized spacial score (nSPS) is 19.6. The van der Waals surface area contributed by atoms with Gasteiger partial charge in [0.1, 0.15) is 11.9 Å². The number of hydrogen-bond donors (Lipinski definition) is 0. The van der Waals surface area contributed by atoms with E-state index in [1.807, 2.05) is 68.6 Å². The number of likely N-dealkylation sites (N-methyl/N-ethyl adjacent to an activating group) is 1. The number of benzene rings is 2. The second-order valence-electron chi connectivity index (χ2n) is 5.78. The molecule has 0 radical (unpaired) electrons. The van der Waals surface area contributed by atoms with Gasteiger partial charge in [0.25, 0.3) is 10.0 Å². The third-order valence-electron chi connectivity index (χ3n) is 3.87. The highest BCUT2D eigenvalue weighted by atomic mass is 32.2. The quantitative estimate of drug-likeness (QED) is 0.844. The Morgan fingerprint density at radius 3 is 2.33 bits per heavy atom. The summed E-state index contributed by atoms with van der Waals surface area (Å²) in [6, 6.07) is 17.3. The summed E-state index contributed by atoms with van der Waals surface area (Å²) in [7, 11) is -1.69. The van der Waals surface area contributed by atoms with E-state index in [2.05, 4.69) is 4.40 Å². The highest BCUT2D eigenvalue weighted by Crippen LogP contribution is 2.28. The van der Waals surface area contributed by atoms with Crippen molar-refractivity contribution in [2.24, 2.45) is 9.39 Å². The predicted molar refractivity (Wildman–Crippen MR) is 98.7 cm³/mol. The van der Waals surface area contributed by atoms with Crippen molar-refractivity contribution in [1.29, 1.82) is 0 Å². The van der Waals surface area contributed by atoms with E-state index >= 15 is 0 Å². The van der Waals surface area contributed by atoms with Crippen LogP contribution < -0.4 is 4.90 Å². The molecule has 1 heterocycles. The zero-order valence-electron chi connectivity index (χ0n) is 13.8. The molecule has 2 aromatic rings. The number of nitrogens with zero attached hydrogens (tertiary/aromatic N) is 3. The van der Waals surface area contributed by atoms with Crippen molar-refractivity contribution in [3.63, 3.8) is 0 Å². The van der Waals surface area contributed by atoms with Crippen molar-refractivity contribution < 1.29 is 8.42 Å². The molecule has 0 spiro atoms. The summed E-state index contributed by atoms with van der Waals surface area (Å²) >= 11 is 0. The lowest BCUT2D eigenvalue weighted by Crippen LogP contribution is -2.34. The maximum absolute atomic E-state index is 11.7. The first-order valence-corrected chi connectivity index (χ1v) is 9.48. The van der Waals surface area contributed by atoms with Crippen LogP contribution in [0.2, 0.25) is 0 Å². The molecule has 1 aliphatic rings. The Morgan fingerprint density at radius 1 is 1.04 bits per heavy atom. The Bertz CT molecular complexity index is 918. The number of fused-ring (bicyclic) bond motifs is 1. The molecular weight excluding hydrogens is 322 g/mol. The summed E-state index contributed by atoms with van der Waals surface area (Å²) in [5.74, 6) is 0.413. The average Bonchev–Trinajstić information content (AvgIpc) is 2.65. The van der Waals surface area contributed by atoms with Crippen LogP contribution in [0.15, 0.2) is 64.0 Å². The van der Waals surface area contributed by atoms with Crippen LogP contribution in [0.25, 0.3) is 0 Å². The molecule has 0 amide bonds. The van der Waals surface area contributed by atoms with Crippen molar-refractivity contribution in [3.05, 3.63) is 65.7 Å². The first-order chi connectivity index (χ1) is 11.4. The third kappa shape index (κ3) is 3.23. The van der Waals surface area contributed by atoms with E-state index in [0.29, 0.717) is 5.84 Å². The first kappa shape index (κ1) is 16.4. The van der Waals surface area contributed by atoms with Gasteiger partial charge in [0.15, 0.2) is 0 Å². The SMILES string of the molecule is CC1N=C(c2ccccc2)c2ccccc2N(C)/C1=N\S(C)(=O)=O. The van der Waals surface area contributed by atoms with E-state index in [1.54, 1.807) is 4.90 Å². The molecule has 0 saturated heterocycles. The van der Waals surface area contributed by atoms with Gasteiger partial charge in [0, 0.05) is 18.2 Å². The minimum absolute atomic E-state index is 0.382. The van der Waals surface area contributed by atoms with Gasteiger partial charge in [-0.25, -0.2) is 8.42 Å². The molecule has 6 heteroatoms. The summed E-state index contributed by atoms with van der Waals surface area (Å²) < 4.78 is 27.3. The number of sulfonamides is 1.